The molecule has 0 bridgehead atoms. The van der Waals surface area contributed by atoms with Gasteiger partial charge < -0.3 is 10.4 Å². The molecule has 2 N–H and O–H groups in total. The molecule has 0 aromatic carbocycles. The molecule has 0 heterocycles. The van der Waals surface area contributed by atoms with Crippen molar-refractivity contribution in [3.8, 4) is 0 Å². The Hall–Kier alpha value is -0.580. The van der Waals surface area contributed by atoms with E-state index in [1.165, 1.54) is 6.92 Å². The Morgan fingerprint density at radius 1 is 1.45 bits per heavy atom. The number of alkyl halides is 1. The molecular formula is C6H10BrNO3. The van der Waals surface area contributed by atoms with Crippen molar-refractivity contribution in [1.82, 2.24) is 5.32 Å². The average Bonchev–Trinajstić information content (AvgIpc) is 1.87. The second-order valence-corrected chi connectivity index (χ2v) is 3.56. The third kappa shape index (κ3) is 3.98. The summed E-state index contributed by atoms with van der Waals surface area (Å²) in [6.07, 6.45) is 0. The SMILES string of the molecule is C[C@H](Br)C(=O)N[C@@H](C)C(=O)O. The maximum Gasteiger partial charge on any atom is 0.325 e. The van der Waals surface area contributed by atoms with Gasteiger partial charge in [0.05, 0.1) is 4.83 Å². The van der Waals surface area contributed by atoms with Gasteiger partial charge in [-0.1, -0.05) is 15.9 Å². The number of nitrogens with one attached hydrogen (secondary N) is 1. The molecule has 0 aromatic rings. The Bertz CT molecular complexity index is 169. The third-order valence-corrected chi connectivity index (χ3v) is 1.51. The summed E-state index contributed by atoms with van der Waals surface area (Å²) in [5.41, 5.74) is 0. The number of carboxylic acid groups (broad SMARTS) is 1. The molecule has 0 spiro atoms. The predicted molar refractivity (Wildman–Crippen MR) is 43.6 cm³/mol. The van der Waals surface area contributed by atoms with Crippen molar-refractivity contribution in [3.63, 3.8) is 0 Å². The van der Waals surface area contributed by atoms with Gasteiger partial charge in [-0.25, -0.2) is 0 Å². The number of halogens is 1. The number of carbonyl (C=O) groups is 2. The lowest BCUT2D eigenvalue weighted by Gasteiger charge is -2.09. The van der Waals surface area contributed by atoms with E-state index in [1.807, 2.05) is 0 Å². The number of carbonyl (C=O) groups excluding carboxylic acids is 1. The first-order valence-corrected chi connectivity index (χ1v) is 4.04. The van der Waals surface area contributed by atoms with E-state index in [9.17, 15) is 9.59 Å². The lowest BCUT2D eigenvalue weighted by molar-refractivity contribution is -0.141. The van der Waals surface area contributed by atoms with Crippen molar-refractivity contribution < 1.29 is 14.7 Å². The average molecular weight is 224 g/mol. The van der Waals surface area contributed by atoms with Crippen molar-refractivity contribution in [2.75, 3.05) is 0 Å². The molecule has 4 nitrogen and oxygen atoms in total. The fraction of sp³-hybridized carbons (Fsp3) is 0.667. The fourth-order valence-corrected chi connectivity index (χ4v) is 0.522. The first-order chi connectivity index (χ1) is 4.95. The van der Waals surface area contributed by atoms with Gasteiger partial charge in [0.1, 0.15) is 6.04 Å². The Morgan fingerprint density at radius 3 is 2.18 bits per heavy atom. The van der Waals surface area contributed by atoms with Crippen LogP contribution in [0.5, 0.6) is 0 Å². The summed E-state index contributed by atoms with van der Waals surface area (Å²) in [5, 5.41) is 10.7. The molecule has 64 valence electrons. The summed E-state index contributed by atoms with van der Waals surface area (Å²) in [6, 6.07) is -0.831. The Labute approximate surface area is 73.1 Å². The topological polar surface area (TPSA) is 66.4 Å². The van der Waals surface area contributed by atoms with Crippen molar-refractivity contribution in [1.29, 1.82) is 0 Å². The van der Waals surface area contributed by atoms with Crippen LogP contribution in [0.25, 0.3) is 0 Å². The number of amides is 1. The Kier molecular flexibility index (Phi) is 4.10. The Balaban J connectivity index is 3.85. The van der Waals surface area contributed by atoms with Crippen molar-refractivity contribution in [2.45, 2.75) is 24.7 Å². The summed E-state index contributed by atoms with van der Waals surface area (Å²) >= 11 is 3.01. The van der Waals surface area contributed by atoms with Gasteiger partial charge in [-0.15, -0.1) is 0 Å². The van der Waals surface area contributed by atoms with Gasteiger partial charge >= 0.3 is 5.97 Å². The molecule has 5 heteroatoms. The van der Waals surface area contributed by atoms with Gasteiger partial charge in [0.2, 0.25) is 5.91 Å². The summed E-state index contributed by atoms with van der Waals surface area (Å²) in [4.78, 5) is 20.7. The van der Waals surface area contributed by atoms with Crippen LogP contribution < -0.4 is 5.32 Å². The maximum absolute atomic E-state index is 10.8. The first-order valence-electron chi connectivity index (χ1n) is 3.12. The molecular weight excluding hydrogens is 214 g/mol. The minimum absolute atomic E-state index is 0.320. The lowest BCUT2D eigenvalue weighted by atomic mass is 10.3. The zero-order valence-electron chi connectivity index (χ0n) is 6.30. The smallest absolute Gasteiger partial charge is 0.325 e. The van der Waals surface area contributed by atoms with Gasteiger partial charge in [-0.2, -0.15) is 0 Å². The van der Waals surface area contributed by atoms with Crippen molar-refractivity contribution >= 4 is 27.8 Å². The molecule has 0 fully saturated rings. The van der Waals surface area contributed by atoms with E-state index in [1.54, 1.807) is 6.92 Å². The molecule has 0 aliphatic heterocycles. The van der Waals surface area contributed by atoms with Gasteiger partial charge in [-0.3, -0.25) is 9.59 Å². The second-order valence-electron chi connectivity index (χ2n) is 2.18. The molecule has 11 heavy (non-hydrogen) atoms. The van der Waals surface area contributed by atoms with E-state index in [4.69, 9.17) is 5.11 Å². The van der Waals surface area contributed by atoms with Crippen molar-refractivity contribution in [3.05, 3.63) is 0 Å². The highest BCUT2D eigenvalue weighted by atomic mass is 79.9. The standard InChI is InChI=1S/C6H10BrNO3/c1-3(7)5(9)8-4(2)6(10)11/h3-4H,1-2H3,(H,8,9)(H,10,11)/t3-,4-/m0/s1. The molecule has 0 aromatic heterocycles. The molecule has 0 saturated carbocycles. The van der Waals surface area contributed by atoms with E-state index >= 15 is 0 Å². The quantitative estimate of drug-likeness (QED) is 0.680. The van der Waals surface area contributed by atoms with E-state index in [2.05, 4.69) is 21.2 Å². The van der Waals surface area contributed by atoms with Gasteiger partial charge in [-0.05, 0) is 13.8 Å². The van der Waals surface area contributed by atoms with Crippen LogP contribution in [0.15, 0.2) is 0 Å². The monoisotopic (exact) mass is 223 g/mol. The highest BCUT2D eigenvalue weighted by Gasteiger charge is 2.16. The minimum Gasteiger partial charge on any atom is -0.480 e. The third-order valence-electron chi connectivity index (χ3n) is 1.09. The largest absolute Gasteiger partial charge is 0.480 e. The molecule has 0 radical (unpaired) electrons. The van der Waals surface area contributed by atoms with Gasteiger partial charge in [0, 0.05) is 0 Å². The van der Waals surface area contributed by atoms with E-state index in [0.717, 1.165) is 0 Å². The number of carboxylic acids is 1. The number of aliphatic carboxylic acids is 1. The molecule has 1 amide bonds. The molecule has 0 aliphatic rings. The summed E-state index contributed by atoms with van der Waals surface area (Å²) in [6.45, 7) is 3.04. The van der Waals surface area contributed by atoms with Gasteiger partial charge in [0.25, 0.3) is 0 Å². The lowest BCUT2D eigenvalue weighted by Crippen LogP contribution is -2.41. The molecule has 0 unspecified atom stereocenters. The van der Waals surface area contributed by atoms with Crippen LogP contribution in [0.4, 0.5) is 0 Å². The van der Waals surface area contributed by atoms with Crippen LogP contribution in [0.1, 0.15) is 13.8 Å². The van der Waals surface area contributed by atoms with Crippen LogP contribution in [-0.2, 0) is 9.59 Å². The highest BCUT2D eigenvalue weighted by molar-refractivity contribution is 9.10. The number of rotatable bonds is 3. The highest BCUT2D eigenvalue weighted by Crippen LogP contribution is 1.97. The predicted octanol–water partition coefficient (Wildman–Crippen LogP) is 0.359. The maximum atomic E-state index is 10.8. The summed E-state index contributed by atoms with van der Waals surface area (Å²) in [7, 11) is 0. The zero-order chi connectivity index (χ0) is 9.02. The van der Waals surface area contributed by atoms with Crippen LogP contribution in [0.3, 0.4) is 0 Å². The van der Waals surface area contributed by atoms with Crippen LogP contribution >= 0.6 is 15.9 Å². The van der Waals surface area contributed by atoms with Gasteiger partial charge in [0.15, 0.2) is 0 Å². The second kappa shape index (κ2) is 4.33. The molecule has 2 atom stereocenters. The number of hydrogen-bond acceptors (Lipinski definition) is 2. The number of hydrogen-bond donors (Lipinski definition) is 2. The zero-order valence-corrected chi connectivity index (χ0v) is 7.88. The van der Waals surface area contributed by atoms with E-state index < -0.39 is 12.0 Å². The van der Waals surface area contributed by atoms with Crippen molar-refractivity contribution in [2.24, 2.45) is 0 Å². The van der Waals surface area contributed by atoms with E-state index in [-0.39, 0.29) is 10.7 Å². The summed E-state index contributed by atoms with van der Waals surface area (Å²) in [5.74, 6) is -1.36. The van der Waals surface area contributed by atoms with Crippen LogP contribution in [0, 0.1) is 0 Å². The Morgan fingerprint density at radius 2 is 1.91 bits per heavy atom. The molecule has 0 aliphatic carbocycles. The van der Waals surface area contributed by atoms with E-state index in [0.29, 0.717) is 0 Å². The fourth-order valence-electron chi connectivity index (χ4n) is 0.390. The molecule has 0 rings (SSSR count). The van der Waals surface area contributed by atoms with Crippen LogP contribution in [0.2, 0.25) is 0 Å². The van der Waals surface area contributed by atoms with Crippen LogP contribution in [-0.4, -0.2) is 27.9 Å². The molecule has 0 saturated heterocycles. The first kappa shape index (κ1) is 10.4. The summed E-state index contributed by atoms with van der Waals surface area (Å²) < 4.78 is 0. The normalized spacial score (nSPS) is 15.2. The minimum atomic E-state index is -1.04.